The summed E-state index contributed by atoms with van der Waals surface area (Å²) in [6.45, 7) is 4.68. The number of rotatable bonds is 6. The molecule has 0 aliphatic carbocycles. The molecule has 0 radical (unpaired) electrons. The molecule has 3 rings (SSSR count). The van der Waals surface area contributed by atoms with Crippen LogP contribution in [-0.4, -0.2) is 48.9 Å². The van der Waals surface area contributed by atoms with Crippen LogP contribution in [0, 0.1) is 12.7 Å². The summed E-state index contributed by atoms with van der Waals surface area (Å²) in [6, 6.07) is 10.5. The predicted molar refractivity (Wildman–Crippen MR) is 112 cm³/mol. The maximum Gasteiger partial charge on any atom is 0.265 e. The van der Waals surface area contributed by atoms with E-state index in [1.165, 1.54) is 18.2 Å². The third-order valence-electron chi connectivity index (χ3n) is 5.85. The van der Waals surface area contributed by atoms with E-state index >= 15 is 0 Å². The van der Waals surface area contributed by atoms with Gasteiger partial charge in [-0.15, -0.1) is 0 Å². The van der Waals surface area contributed by atoms with Crippen LogP contribution >= 0.6 is 0 Å². The van der Waals surface area contributed by atoms with Crippen LogP contribution in [0.1, 0.15) is 42.6 Å². The summed E-state index contributed by atoms with van der Waals surface area (Å²) in [5.41, 5.74) is 0.912. The van der Waals surface area contributed by atoms with Crippen molar-refractivity contribution in [2.24, 2.45) is 0 Å². The highest BCUT2D eigenvalue weighted by molar-refractivity contribution is 7.86. The zero-order valence-electron chi connectivity index (χ0n) is 17.4. The van der Waals surface area contributed by atoms with E-state index < -0.39 is 21.8 Å². The molecule has 1 fully saturated rings. The van der Waals surface area contributed by atoms with Gasteiger partial charge in [0.15, 0.2) is 0 Å². The molecule has 0 amide bonds. The van der Waals surface area contributed by atoms with Gasteiger partial charge in [0.05, 0.1) is 11.9 Å². The molecular formula is C22H28FNO5S. The van der Waals surface area contributed by atoms with Gasteiger partial charge in [-0.25, -0.2) is 4.39 Å². The van der Waals surface area contributed by atoms with Crippen molar-refractivity contribution in [3.8, 4) is 5.75 Å². The van der Waals surface area contributed by atoms with Crippen molar-refractivity contribution in [2.75, 3.05) is 19.3 Å². The third-order valence-corrected chi connectivity index (χ3v) is 6.41. The number of aliphatic hydroxyl groups is 1. The molecule has 1 heterocycles. The fourth-order valence-electron chi connectivity index (χ4n) is 4.00. The van der Waals surface area contributed by atoms with Gasteiger partial charge < -0.3 is 10.2 Å². The highest BCUT2D eigenvalue weighted by Crippen LogP contribution is 2.36. The van der Waals surface area contributed by atoms with E-state index in [1.807, 2.05) is 6.92 Å². The van der Waals surface area contributed by atoms with Gasteiger partial charge >= 0.3 is 0 Å². The van der Waals surface area contributed by atoms with Crippen molar-refractivity contribution in [1.29, 1.82) is 0 Å². The lowest BCUT2D eigenvalue weighted by atomic mass is 9.83. The molecule has 8 heteroatoms. The van der Waals surface area contributed by atoms with Crippen LogP contribution in [-0.2, 0) is 19.9 Å². The van der Waals surface area contributed by atoms with Gasteiger partial charge in [-0.1, -0.05) is 18.2 Å². The standard InChI is InChI=1S/C22H28FNO5S/c1-15-14-17(4-9-20(15)25)21(29-30(3,27)28)16(2)24-12-10-22(26,11-13-24)18-5-7-19(23)8-6-18/h4-9,14,16,21,25-26H,10-13H2,1-3H3. The Hall–Kier alpha value is -2.00. The lowest BCUT2D eigenvalue weighted by Crippen LogP contribution is -2.48. The van der Waals surface area contributed by atoms with Gasteiger partial charge in [0, 0.05) is 19.1 Å². The van der Waals surface area contributed by atoms with Crippen molar-refractivity contribution >= 4 is 10.1 Å². The Labute approximate surface area is 177 Å². The predicted octanol–water partition coefficient (Wildman–Crippen LogP) is 3.23. The summed E-state index contributed by atoms with van der Waals surface area (Å²) < 4.78 is 42.5. The van der Waals surface area contributed by atoms with Crippen LogP contribution in [0.3, 0.4) is 0 Å². The number of likely N-dealkylation sites (tertiary alicyclic amines) is 1. The van der Waals surface area contributed by atoms with Gasteiger partial charge in [0.2, 0.25) is 0 Å². The molecule has 6 nitrogen and oxygen atoms in total. The van der Waals surface area contributed by atoms with E-state index in [0.717, 1.165) is 6.26 Å². The molecule has 0 aromatic heterocycles. The lowest BCUT2D eigenvalue weighted by Gasteiger charge is -2.42. The van der Waals surface area contributed by atoms with Crippen molar-refractivity contribution in [3.63, 3.8) is 0 Å². The van der Waals surface area contributed by atoms with E-state index in [-0.39, 0.29) is 17.6 Å². The number of aromatic hydroxyl groups is 1. The molecule has 2 aromatic carbocycles. The van der Waals surface area contributed by atoms with E-state index in [9.17, 15) is 23.0 Å². The Morgan fingerprint density at radius 3 is 2.27 bits per heavy atom. The first-order valence-corrected chi connectivity index (χ1v) is 11.7. The maximum absolute atomic E-state index is 13.2. The van der Waals surface area contributed by atoms with Crippen LogP contribution in [0.4, 0.5) is 4.39 Å². The van der Waals surface area contributed by atoms with Gasteiger partial charge in [-0.2, -0.15) is 8.42 Å². The monoisotopic (exact) mass is 437 g/mol. The van der Waals surface area contributed by atoms with Gasteiger partial charge in [-0.05, 0) is 67.6 Å². The smallest absolute Gasteiger partial charge is 0.265 e. The normalized spacial score (nSPS) is 19.4. The topological polar surface area (TPSA) is 87.1 Å². The number of hydrogen-bond acceptors (Lipinski definition) is 6. The van der Waals surface area contributed by atoms with Crippen LogP contribution in [0.25, 0.3) is 0 Å². The number of nitrogens with zero attached hydrogens (tertiary/aromatic N) is 1. The van der Waals surface area contributed by atoms with Crippen molar-refractivity contribution in [2.45, 2.75) is 44.4 Å². The second kappa shape index (κ2) is 8.63. The van der Waals surface area contributed by atoms with Gasteiger partial charge in [-0.3, -0.25) is 9.08 Å². The zero-order valence-corrected chi connectivity index (χ0v) is 18.2. The summed E-state index contributed by atoms with van der Waals surface area (Å²) in [5, 5.41) is 20.8. The van der Waals surface area contributed by atoms with E-state index in [0.29, 0.717) is 42.6 Å². The summed E-state index contributed by atoms with van der Waals surface area (Å²) in [7, 11) is -3.72. The molecule has 1 aliphatic rings. The molecule has 0 saturated carbocycles. The molecule has 0 spiro atoms. The Bertz CT molecular complexity index is 985. The SMILES string of the molecule is Cc1cc(C(OS(C)(=O)=O)C(C)N2CCC(O)(c3ccc(F)cc3)CC2)ccc1O. The van der Waals surface area contributed by atoms with Gasteiger partial charge in [0.1, 0.15) is 17.7 Å². The average Bonchev–Trinajstić information content (AvgIpc) is 2.68. The summed E-state index contributed by atoms with van der Waals surface area (Å²) >= 11 is 0. The molecule has 2 N–H and O–H groups in total. The highest BCUT2D eigenvalue weighted by atomic mass is 32.2. The second-order valence-corrected chi connectivity index (χ2v) is 9.68. The lowest BCUT2D eigenvalue weighted by molar-refractivity contribution is -0.0465. The Morgan fingerprint density at radius 2 is 1.73 bits per heavy atom. The van der Waals surface area contributed by atoms with Crippen LogP contribution < -0.4 is 0 Å². The highest BCUT2D eigenvalue weighted by Gasteiger charge is 2.38. The fraction of sp³-hybridized carbons (Fsp3) is 0.455. The average molecular weight is 438 g/mol. The number of piperidine rings is 1. The Balaban J connectivity index is 1.79. The van der Waals surface area contributed by atoms with E-state index in [2.05, 4.69) is 4.90 Å². The molecule has 30 heavy (non-hydrogen) atoms. The number of phenols is 1. The first-order chi connectivity index (χ1) is 14.0. The van der Waals surface area contributed by atoms with E-state index in [1.54, 1.807) is 31.2 Å². The minimum Gasteiger partial charge on any atom is -0.508 e. The van der Waals surface area contributed by atoms with E-state index in [4.69, 9.17) is 4.18 Å². The number of aryl methyl sites for hydroxylation is 1. The van der Waals surface area contributed by atoms with Gasteiger partial charge in [0.25, 0.3) is 10.1 Å². The van der Waals surface area contributed by atoms with Crippen LogP contribution in [0.5, 0.6) is 5.75 Å². The molecule has 2 aromatic rings. The Kier molecular flexibility index (Phi) is 6.52. The molecule has 2 atom stereocenters. The summed E-state index contributed by atoms with van der Waals surface area (Å²) in [6.07, 6.45) is 1.13. The molecule has 0 bridgehead atoms. The molecule has 1 saturated heterocycles. The Morgan fingerprint density at radius 1 is 1.13 bits per heavy atom. The van der Waals surface area contributed by atoms with Crippen LogP contribution in [0.2, 0.25) is 0 Å². The number of halogens is 1. The second-order valence-electron chi connectivity index (χ2n) is 8.08. The first-order valence-electron chi connectivity index (χ1n) is 9.89. The van der Waals surface area contributed by atoms with Crippen molar-refractivity contribution < 1.29 is 27.2 Å². The number of benzene rings is 2. The van der Waals surface area contributed by atoms with Crippen molar-refractivity contribution in [1.82, 2.24) is 4.90 Å². The third kappa shape index (κ3) is 5.18. The zero-order chi connectivity index (χ0) is 22.1. The maximum atomic E-state index is 13.2. The molecule has 2 unspecified atom stereocenters. The minimum atomic E-state index is -3.72. The molecule has 1 aliphatic heterocycles. The first kappa shape index (κ1) is 22.7. The minimum absolute atomic E-state index is 0.131. The largest absolute Gasteiger partial charge is 0.508 e. The number of phenolic OH excluding ortho intramolecular Hbond substituents is 1. The molecule has 164 valence electrons. The van der Waals surface area contributed by atoms with Crippen molar-refractivity contribution in [3.05, 3.63) is 65.0 Å². The summed E-state index contributed by atoms with van der Waals surface area (Å²) in [4.78, 5) is 2.08. The fourth-order valence-corrected chi connectivity index (χ4v) is 4.65. The molecular weight excluding hydrogens is 409 g/mol. The number of hydrogen-bond donors (Lipinski definition) is 2. The quantitative estimate of drug-likeness (QED) is 0.675. The summed E-state index contributed by atoms with van der Waals surface area (Å²) in [5.74, 6) is -0.217. The van der Waals surface area contributed by atoms with Crippen LogP contribution in [0.15, 0.2) is 42.5 Å².